The average Bonchev–Trinajstić information content (AvgIpc) is 3.83. The average molecular weight is 746 g/mol. The Labute approximate surface area is 299 Å². The lowest BCUT2D eigenvalue weighted by Gasteiger charge is -2.33. The molecule has 4 aromatic rings. The number of benzene rings is 2. The third-order valence-corrected chi connectivity index (χ3v) is 12.0. The van der Waals surface area contributed by atoms with Gasteiger partial charge in [-0.2, -0.15) is 28.4 Å². The van der Waals surface area contributed by atoms with Gasteiger partial charge in [-0.25, -0.2) is 13.2 Å². The molecule has 2 aromatic carbocycles. The van der Waals surface area contributed by atoms with Gasteiger partial charge in [0.2, 0.25) is 5.91 Å². The molecule has 2 aromatic heterocycles. The lowest BCUT2D eigenvalue weighted by atomic mass is 9.92. The van der Waals surface area contributed by atoms with E-state index in [1.807, 2.05) is 17.9 Å². The largest absolute Gasteiger partial charge is 0.461 e. The highest BCUT2D eigenvalue weighted by atomic mass is 32.1. The van der Waals surface area contributed by atoms with Crippen molar-refractivity contribution in [3.8, 4) is 23.2 Å². The van der Waals surface area contributed by atoms with Crippen molar-refractivity contribution in [2.24, 2.45) is 5.92 Å². The van der Waals surface area contributed by atoms with Crippen molar-refractivity contribution in [3.63, 3.8) is 0 Å². The number of likely N-dealkylation sites (N-methyl/N-ethyl adjacent to an activating group) is 1. The summed E-state index contributed by atoms with van der Waals surface area (Å²) >= 11 is 0.680. The third kappa shape index (κ3) is 5.76. The van der Waals surface area contributed by atoms with Crippen LogP contribution in [0.25, 0.3) is 32.1 Å². The number of rotatable bonds is 7. The Balaban J connectivity index is 1.44. The van der Waals surface area contributed by atoms with Crippen molar-refractivity contribution in [2.75, 3.05) is 43.9 Å². The zero-order valence-electron chi connectivity index (χ0n) is 29.0. The van der Waals surface area contributed by atoms with Crippen LogP contribution in [0.2, 0.25) is 0 Å². The molecule has 0 radical (unpaired) electrons. The predicted molar refractivity (Wildman–Crippen MR) is 186 cm³/mol. The molecule has 9 nitrogen and oxygen atoms in total. The van der Waals surface area contributed by atoms with Gasteiger partial charge in [0.25, 0.3) is 0 Å². The number of nitriles is 1. The molecule has 0 unspecified atom stereocenters. The van der Waals surface area contributed by atoms with Crippen molar-refractivity contribution in [2.45, 2.75) is 76.4 Å². The Morgan fingerprint density at radius 3 is 2.69 bits per heavy atom. The molecule has 3 aliphatic rings. The second-order valence-electron chi connectivity index (χ2n) is 14.3. The first kappa shape index (κ1) is 36.0. The minimum absolute atomic E-state index is 0.0218. The van der Waals surface area contributed by atoms with Crippen LogP contribution < -0.4 is 15.4 Å². The number of hydrogen-bond acceptors (Lipinski definition) is 9. The Hall–Kier alpha value is -4.36. The molecular formula is C36H37F6N7O2S. The van der Waals surface area contributed by atoms with Crippen LogP contribution >= 0.6 is 11.3 Å². The lowest BCUT2D eigenvalue weighted by Crippen LogP contribution is -2.45. The fourth-order valence-corrected chi connectivity index (χ4v) is 9.36. The Morgan fingerprint density at radius 1 is 1.25 bits per heavy atom. The van der Waals surface area contributed by atoms with Gasteiger partial charge in [0.1, 0.15) is 41.0 Å². The molecule has 3 fully saturated rings. The van der Waals surface area contributed by atoms with Gasteiger partial charge in [-0.3, -0.25) is 9.69 Å². The smallest absolute Gasteiger partial charge is 0.417 e. The Morgan fingerprint density at radius 2 is 2.00 bits per heavy atom. The summed E-state index contributed by atoms with van der Waals surface area (Å²) in [6.45, 7) is 6.73. The second-order valence-corrected chi connectivity index (χ2v) is 15.4. The van der Waals surface area contributed by atoms with Gasteiger partial charge in [-0.15, -0.1) is 11.3 Å². The normalized spacial score (nSPS) is 23.6. The molecule has 52 heavy (non-hydrogen) atoms. The monoisotopic (exact) mass is 745 g/mol. The molecule has 0 bridgehead atoms. The fraction of sp³-hybridized carbons (Fsp3) is 0.500. The molecule has 276 valence electrons. The maximum Gasteiger partial charge on any atom is 0.417 e. The number of nitrogens with zero attached hydrogens (tertiary/aromatic N) is 6. The van der Waals surface area contributed by atoms with Gasteiger partial charge in [-0.1, -0.05) is 19.9 Å². The van der Waals surface area contributed by atoms with Gasteiger partial charge >= 0.3 is 12.2 Å². The zero-order valence-corrected chi connectivity index (χ0v) is 29.8. The summed E-state index contributed by atoms with van der Waals surface area (Å²) in [5, 5.41) is 9.22. The van der Waals surface area contributed by atoms with Gasteiger partial charge in [0.15, 0.2) is 5.82 Å². The first-order chi connectivity index (χ1) is 24.6. The fourth-order valence-electron chi connectivity index (χ4n) is 8.41. The molecular weight excluding hydrogens is 708 g/mol. The molecule has 7 rings (SSSR count). The molecule has 0 aliphatic carbocycles. The van der Waals surface area contributed by atoms with Crippen molar-refractivity contribution >= 4 is 49.1 Å². The van der Waals surface area contributed by atoms with E-state index in [4.69, 9.17) is 10.5 Å². The van der Waals surface area contributed by atoms with E-state index in [1.54, 1.807) is 30.7 Å². The van der Waals surface area contributed by atoms with E-state index in [9.17, 15) is 18.8 Å². The SMILES string of the molecule is CC(C)C(=O)N1CC[C@@H](N(C)c2nc(OC[C@@]34CCCN3C[C@H](F)C4)nc3c(F)c(-c4ccc(F)c5sc(N)c(C#N)c45)c(C(F)(F)F)cc23)[C@@H]1C. The Bertz CT molecular complexity index is 2130. The molecule has 0 spiro atoms. The second kappa shape index (κ2) is 12.9. The highest BCUT2D eigenvalue weighted by Crippen LogP contribution is 2.48. The van der Waals surface area contributed by atoms with E-state index in [0.717, 1.165) is 24.6 Å². The number of nitrogen functional groups attached to an aromatic ring is 1. The molecule has 2 N–H and O–H groups in total. The van der Waals surface area contributed by atoms with Crippen LogP contribution in [-0.4, -0.2) is 82.8 Å². The maximum absolute atomic E-state index is 17.2. The predicted octanol–water partition coefficient (Wildman–Crippen LogP) is 7.30. The number of ether oxygens (including phenoxy) is 1. The summed E-state index contributed by atoms with van der Waals surface area (Å²) in [7, 11) is 1.62. The van der Waals surface area contributed by atoms with Crippen LogP contribution in [0, 0.1) is 28.9 Å². The number of aromatic nitrogens is 2. The minimum Gasteiger partial charge on any atom is -0.461 e. The summed E-state index contributed by atoms with van der Waals surface area (Å²) in [6, 6.07) is 3.39. The summed E-state index contributed by atoms with van der Waals surface area (Å²) < 4.78 is 97.8. The van der Waals surface area contributed by atoms with E-state index in [2.05, 4.69) is 9.97 Å². The van der Waals surface area contributed by atoms with Gasteiger partial charge in [-0.05, 0) is 50.4 Å². The molecule has 0 saturated carbocycles. The van der Waals surface area contributed by atoms with Crippen LogP contribution in [-0.2, 0) is 11.0 Å². The number of halogens is 6. The highest BCUT2D eigenvalue weighted by Gasteiger charge is 2.49. The summed E-state index contributed by atoms with van der Waals surface area (Å²) in [5.41, 5.74) is 1.88. The van der Waals surface area contributed by atoms with Gasteiger partial charge < -0.3 is 20.3 Å². The standard InChI is InChI=1S/C36H37F6N7O2S/c1-17(2)33(50)49-11-8-25(18(49)3)47(4)32-21-12-23(36(40,41)42)27(20-6-7-24(38)30-26(20)22(14-43)31(44)52-30)28(39)29(21)45-34(46-32)51-16-35-9-5-10-48(35)15-19(37)13-35/h6-7,12,17-19,25H,5,8-11,13,15-16,44H2,1-4H3/t18-,19+,25+,35-/m0/s1. The summed E-state index contributed by atoms with van der Waals surface area (Å²) in [4.78, 5) is 27.3. The van der Waals surface area contributed by atoms with Crippen LogP contribution in [0.15, 0.2) is 18.2 Å². The number of anilines is 2. The first-order valence-electron chi connectivity index (χ1n) is 17.1. The quantitative estimate of drug-likeness (QED) is 0.196. The van der Waals surface area contributed by atoms with E-state index >= 15 is 17.6 Å². The van der Waals surface area contributed by atoms with Crippen LogP contribution in [0.1, 0.15) is 57.6 Å². The number of nitrogens with two attached hydrogens (primary N) is 1. The zero-order chi connectivity index (χ0) is 37.4. The van der Waals surface area contributed by atoms with Crippen molar-refractivity contribution < 1.29 is 35.9 Å². The first-order valence-corrected chi connectivity index (χ1v) is 18.0. The van der Waals surface area contributed by atoms with Gasteiger partial charge in [0.05, 0.1) is 27.4 Å². The lowest BCUT2D eigenvalue weighted by molar-refractivity contribution is -0.137. The third-order valence-electron chi connectivity index (χ3n) is 10.9. The topological polar surface area (TPSA) is 112 Å². The van der Waals surface area contributed by atoms with Crippen molar-refractivity contribution in [1.82, 2.24) is 19.8 Å². The van der Waals surface area contributed by atoms with Crippen LogP contribution in [0.5, 0.6) is 6.01 Å². The van der Waals surface area contributed by atoms with Crippen LogP contribution in [0.3, 0.4) is 0 Å². The Kier molecular flexibility index (Phi) is 8.96. The summed E-state index contributed by atoms with van der Waals surface area (Å²) in [5.74, 6) is -2.61. The molecule has 16 heteroatoms. The van der Waals surface area contributed by atoms with Crippen LogP contribution in [0.4, 0.5) is 37.2 Å². The molecule has 5 heterocycles. The summed E-state index contributed by atoms with van der Waals surface area (Å²) in [6.07, 6.45) is -4.00. The maximum atomic E-state index is 17.2. The van der Waals surface area contributed by atoms with Crippen molar-refractivity contribution in [1.29, 1.82) is 5.26 Å². The van der Waals surface area contributed by atoms with Gasteiger partial charge in [0, 0.05) is 54.9 Å². The number of alkyl halides is 4. The molecule has 3 saturated heterocycles. The number of carbonyl (C=O) groups is 1. The number of amides is 1. The van der Waals surface area contributed by atoms with Crippen molar-refractivity contribution in [3.05, 3.63) is 41.0 Å². The van der Waals surface area contributed by atoms with E-state index < -0.39 is 52.2 Å². The number of fused-ring (bicyclic) bond motifs is 3. The molecule has 1 amide bonds. The number of thiophene rings is 1. The molecule has 3 aliphatic heterocycles. The number of carbonyl (C=O) groups excluding carboxylic acids is 1. The number of hydrogen-bond donors (Lipinski definition) is 1. The van der Waals surface area contributed by atoms with E-state index in [1.165, 1.54) is 0 Å². The van der Waals surface area contributed by atoms with E-state index in [0.29, 0.717) is 37.3 Å². The number of likely N-dealkylation sites (tertiary alicyclic amines) is 1. The highest BCUT2D eigenvalue weighted by molar-refractivity contribution is 7.23. The van der Waals surface area contributed by atoms with E-state index in [-0.39, 0.29) is 80.9 Å². The minimum atomic E-state index is -5.12. The molecule has 4 atom stereocenters.